The highest BCUT2D eigenvalue weighted by Gasteiger charge is 2.39. The average molecular weight is 295 g/mol. The topological polar surface area (TPSA) is 21.3 Å². The second kappa shape index (κ2) is 5.65. The van der Waals surface area contributed by atoms with Crippen LogP contribution in [-0.2, 0) is 4.74 Å². The molecule has 0 radical (unpaired) electrons. The Morgan fingerprint density at radius 2 is 2.10 bits per heavy atom. The number of ether oxygens (including phenoxy) is 1. The summed E-state index contributed by atoms with van der Waals surface area (Å²) in [6, 6.07) is 2.53. The first-order valence-electron chi connectivity index (χ1n) is 7.81. The van der Waals surface area contributed by atoms with E-state index in [1.54, 1.807) is 6.92 Å². The molecule has 2 nitrogen and oxygen atoms in total. The normalized spacial score (nSPS) is 33.3. The van der Waals surface area contributed by atoms with E-state index in [2.05, 4.69) is 12.2 Å². The van der Waals surface area contributed by atoms with Crippen LogP contribution in [0.4, 0.5) is 8.78 Å². The molecule has 1 aliphatic carbocycles. The zero-order valence-corrected chi connectivity index (χ0v) is 12.7. The van der Waals surface area contributed by atoms with Crippen molar-refractivity contribution in [2.75, 3.05) is 13.2 Å². The van der Waals surface area contributed by atoms with Crippen molar-refractivity contribution in [3.63, 3.8) is 0 Å². The van der Waals surface area contributed by atoms with Gasteiger partial charge in [-0.15, -0.1) is 0 Å². The van der Waals surface area contributed by atoms with Gasteiger partial charge in [-0.3, -0.25) is 0 Å². The number of hydrogen-bond acceptors (Lipinski definition) is 2. The van der Waals surface area contributed by atoms with E-state index in [1.165, 1.54) is 25.0 Å². The summed E-state index contributed by atoms with van der Waals surface area (Å²) >= 11 is 0. The summed E-state index contributed by atoms with van der Waals surface area (Å²) in [6.45, 7) is 4.97. The highest BCUT2D eigenvalue weighted by Crippen LogP contribution is 2.37. The second-order valence-corrected chi connectivity index (χ2v) is 6.79. The van der Waals surface area contributed by atoms with Crippen LogP contribution in [0.25, 0.3) is 0 Å². The van der Waals surface area contributed by atoms with Gasteiger partial charge in [0, 0.05) is 17.6 Å². The molecular weight excluding hydrogens is 272 g/mol. The molecule has 1 spiro atoms. The molecular formula is C17H23F2NO. The summed E-state index contributed by atoms with van der Waals surface area (Å²) in [6.07, 6.45) is 4.28. The molecule has 3 rings (SSSR count). The summed E-state index contributed by atoms with van der Waals surface area (Å²) < 4.78 is 33.6. The highest BCUT2D eigenvalue weighted by atomic mass is 19.1. The van der Waals surface area contributed by atoms with E-state index in [-0.39, 0.29) is 17.2 Å². The molecule has 0 amide bonds. The van der Waals surface area contributed by atoms with Gasteiger partial charge in [-0.1, -0.05) is 19.8 Å². The van der Waals surface area contributed by atoms with Crippen LogP contribution >= 0.6 is 0 Å². The van der Waals surface area contributed by atoms with Crippen molar-refractivity contribution in [1.29, 1.82) is 0 Å². The number of benzene rings is 1. The van der Waals surface area contributed by atoms with Gasteiger partial charge in [0.25, 0.3) is 0 Å². The molecule has 2 aliphatic rings. The third-order valence-electron chi connectivity index (χ3n) is 4.94. The summed E-state index contributed by atoms with van der Waals surface area (Å²) in [5.41, 5.74) is 0.690. The Hall–Kier alpha value is -1.00. The van der Waals surface area contributed by atoms with Gasteiger partial charge in [-0.25, -0.2) is 8.78 Å². The molecule has 3 unspecified atom stereocenters. The summed E-state index contributed by atoms with van der Waals surface area (Å²) in [4.78, 5) is 0. The van der Waals surface area contributed by atoms with Crippen molar-refractivity contribution in [3.8, 4) is 0 Å². The molecule has 1 saturated carbocycles. The summed E-state index contributed by atoms with van der Waals surface area (Å²) in [5.74, 6) is -0.0600. The molecule has 0 aromatic heterocycles. The summed E-state index contributed by atoms with van der Waals surface area (Å²) in [5, 5.41) is 3.56. The van der Waals surface area contributed by atoms with Gasteiger partial charge in [0.05, 0.1) is 12.7 Å². The van der Waals surface area contributed by atoms with E-state index in [0.29, 0.717) is 30.2 Å². The van der Waals surface area contributed by atoms with E-state index in [9.17, 15) is 8.78 Å². The highest BCUT2D eigenvalue weighted by molar-refractivity contribution is 5.27. The molecule has 3 atom stereocenters. The maximum Gasteiger partial charge on any atom is 0.129 e. The van der Waals surface area contributed by atoms with Gasteiger partial charge in [0.1, 0.15) is 11.6 Å². The zero-order valence-electron chi connectivity index (χ0n) is 12.7. The first-order chi connectivity index (χ1) is 9.99. The van der Waals surface area contributed by atoms with Gasteiger partial charge in [-0.05, 0) is 43.4 Å². The largest absolute Gasteiger partial charge is 0.370 e. The van der Waals surface area contributed by atoms with Crippen LogP contribution in [0.15, 0.2) is 12.1 Å². The van der Waals surface area contributed by atoms with Crippen LogP contribution in [0.3, 0.4) is 0 Å². The maximum absolute atomic E-state index is 14.0. The Bertz CT molecular complexity index is 524. The monoisotopic (exact) mass is 295 g/mol. The molecule has 1 heterocycles. The van der Waals surface area contributed by atoms with E-state index >= 15 is 0 Å². The van der Waals surface area contributed by atoms with E-state index in [1.807, 2.05) is 0 Å². The quantitative estimate of drug-likeness (QED) is 0.849. The van der Waals surface area contributed by atoms with Crippen LogP contribution in [0.1, 0.15) is 49.8 Å². The van der Waals surface area contributed by atoms with Gasteiger partial charge in [0.15, 0.2) is 0 Å². The second-order valence-electron chi connectivity index (χ2n) is 6.79. The van der Waals surface area contributed by atoms with Crippen molar-refractivity contribution in [2.24, 2.45) is 5.92 Å². The first-order valence-corrected chi connectivity index (χ1v) is 7.81. The summed E-state index contributed by atoms with van der Waals surface area (Å²) in [7, 11) is 0. The van der Waals surface area contributed by atoms with Crippen molar-refractivity contribution in [3.05, 3.63) is 34.9 Å². The lowest BCUT2D eigenvalue weighted by Gasteiger charge is -2.45. The number of rotatable bonds is 1. The molecule has 1 aliphatic heterocycles. The molecule has 1 saturated heterocycles. The lowest BCUT2D eigenvalue weighted by atomic mass is 9.76. The molecule has 116 valence electrons. The fraction of sp³-hybridized carbons (Fsp3) is 0.647. The molecule has 1 aromatic carbocycles. The van der Waals surface area contributed by atoms with E-state index in [0.717, 1.165) is 12.8 Å². The van der Waals surface area contributed by atoms with Crippen LogP contribution in [-0.4, -0.2) is 18.7 Å². The Morgan fingerprint density at radius 3 is 2.76 bits per heavy atom. The van der Waals surface area contributed by atoms with Gasteiger partial charge in [0.2, 0.25) is 0 Å². The molecule has 1 aromatic rings. The lowest BCUT2D eigenvalue weighted by Crippen LogP contribution is -2.57. The standard InChI is InChI=1S/C17H23F2NO/c1-11-4-3-5-17(8-11)10-21-16(9-20-17)13-7-14(18)12(2)6-15(13)19/h6-7,11,16,20H,3-5,8-10H2,1-2H3. The fourth-order valence-corrected chi connectivity index (χ4v) is 3.74. The Labute approximate surface area is 124 Å². The zero-order chi connectivity index (χ0) is 15.0. The number of morpholine rings is 1. The molecule has 1 N–H and O–H groups in total. The van der Waals surface area contributed by atoms with Crippen LogP contribution < -0.4 is 5.32 Å². The molecule has 21 heavy (non-hydrogen) atoms. The Balaban J connectivity index is 1.72. The van der Waals surface area contributed by atoms with Crippen molar-refractivity contribution >= 4 is 0 Å². The third kappa shape index (κ3) is 2.97. The third-order valence-corrected chi connectivity index (χ3v) is 4.94. The lowest BCUT2D eigenvalue weighted by molar-refractivity contribution is -0.0540. The van der Waals surface area contributed by atoms with Crippen molar-refractivity contribution < 1.29 is 13.5 Å². The molecule has 2 fully saturated rings. The first kappa shape index (κ1) is 14.9. The molecule has 4 heteroatoms. The minimum atomic E-state index is -0.400. The SMILES string of the molecule is Cc1cc(F)c(C2CNC3(CCCC(C)C3)CO2)cc1F. The van der Waals surface area contributed by atoms with Gasteiger partial charge in [-0.2, -0.15) is 0 Å². The molecule has 0 bridgehead atoms. The Morgan fingerprint density at radius 1 is 1.29 bits per heavy atom. The predicted octanol–water partition coefficient (Wildman–Crippen LogP) is 3.88. The maximum atomic E-state index is 14.0. The smallest absolute Gasteiger partial charge is 0.129 e. The minimum Gasteiger partial charge on any atom is -0.370 e. The van der Waals surface area contributed by atoms with Crippen molar-refractivity contribution in [1.82, 2.24) is 5.32 Å². The predicted molar refractivity (Wildman–Crippen MR) is 78.2 cm³/mol. The van der Waals surface area contributed by atoms with Gasteiger partial charge >= 0.3 is 0 Å². The fourth-order valence-electron chi connectivity index (χ4n) is 3.74. The number of halogens is 2. The van der Waals surface area contributed by atoms with Crippen LogP contribution in [0, 0.1) is 24.5 Å². The van der Waals surface area contributed by atoms with Gasteiger partial charge < -0.3 is 10.1 Å². The number of hydrogen-bond donors (Lipinski definition) is 1. The van der Waals surface area contributed by atoms with Crippen LogP contribution in [0.2, 0.25) is 0 Å². The van der Waals surface area contributed by atoms with Crippen LogP contribution in [0.5, 0.6) is 0 Å². The van der Waals surface area contributed by atoms with E-state index in [4.69, 9.17) is 4.74 Å². The number of nitrogens with one attached hydrogen (secondary N) is 1. The Kier molecular flexibility index (Phi) is 4.02. The van der Waals surface area contributed by atoms with E-state index < -0.39 is 6.10 Å². The minimum absolute atomic E-state index is 0.0356. The average Bonchev–Trinajstić information content (AvgIpc) is 2.44. The van der Waals surface area contributed by atoms with Crippen molar-refractivity contribution in [2.45, 2.75) is 51.2 Å². The number of aryl methyl sites for hydroxylation is 1.